The summed E-state index contributed by atoms with van der Waals surface area (Å²) in [7, 11) is 0. The Labute approximate surface area is 102 Å². The monoisotopic (exact) mass is 234 g/mol. The molecule has 0 unspecified atom stereocenters. The average molecular weight is 234 g/mol. The molecule has 0 saturated carbocycles. The molecule has 2 nitrogen and oxygen atoms in total. The van der Waals surface area contributed by atoms with Crippen LogP contribution in [0.1, 0.15) is 17.2 Å². The van der Waals surface area contributed by atoms with Crippen molar-refractivity contribution in [3.05, 3.63) is 47.8 Å². The molecular formula is C14H19FN2. The first-order valence-electron chi connectivity index (χ1n) is 6.06. The van der Waals surface area contributed by atoms with Gasteiger partial charge in [-0.3, -0.25) is 4.90 Å². The zero-order valence-corrected chi connectivity index (χ0v) is 10.2. The quantitative estimate of drug-likeness (QED) is 0.807. The predicted molar refractivity (Wildman–Crippen MR) is 68.5 cm³/mol. The van der Waals surface area contributed by atoms with Crippen molar-refractivity contribution >= 4 is 0 Å². The Hall–Kier alpha value is -1.19. The first kappa shape index (κ1) is 12.3. The lowest BCUT2D eigenvalue weighted by Gasteiger charge is -2.34. The molecule has 0 radical (unpaired) electrons. The van der Waals surface area contributed by atoms with E-state index in [4.69, 9.17) is 0 Å². The van der Waals surface area contributed by atoms with E-state index in [1.54, 1.807) is 6.07 Å². The second-order valence-corrected chi connectivity index (χ2v) is 4.47. The normalized spacial score (nSPS) is 18.9. The zero-order valence-electron chi connectivity index (χ0n) is 10.2. The first-order valence-corrected chi connectivity index (χ1v) is 6.06. The summed E-state index contributed by atoms with van der Waals surface area (Å²) in [6.45, 7) is 9.85. The number of nitrogens with one attached hydrogen (secondary N) is 1. The second-order valence-electron chi connectivity index (χ2n) is 4.47. The Kier molecular flexibility index (Phi) is 3.92. The van der Waals surface area contributed by atoms with Crippen LogP contribution in [-0.2, 0) is 0 Å². The van der Waals surface area contributed by atoms with Crippen molar-refractivity contribution in [2.45, 2.75) is 13.0 Å². The van der Waals surface area contributed by atoms with Gasteiger partial charge >= 0.3 is 0 Å². The molecule has 17 heavy (non-hydrogen) atoms. The van der Waals surface area contributed by atoms with E-state index in [1.807, 2.05) is 19.1 Å². The Morgan fingerprint density at radius 1 is 1.41 bits per heavy atom. The third-order valence-electron chi connectivity index (χ3n) is 3.33. The molecule has 1 N–H and O–H groups in total. The highest BCUT2D eigenvalue weighted by Crippen LogP contribution is 2.25. The summed E-state index contributed by atoms with van der Waals surface area (Å²) in [4.78, 5) is 2.34. The number of nitrogens with zero attached hydrogens (tertiary/aromatic N) is 1. The van der Waals surface area contributed by atoms with Gasteiger partial charge in [0, 0.05) is 26.2 Å². The summed E-state index contributed by atoms with van der Waals surface area (Å²) in [5.41, 5.74) is 2.15. The van der Waals surface area contributed by atoms with Crippen LogP contribution in [0.5, 0.6) is 0 Å². The summed E-state index contributed by atoms with van der Waals surface area (Å²) in [5.74, 6) is -0.174. The van der Waals surface area contributed by atoms with Crippen LogP contribution < -0.4 is 5.32 Å². The molecule has 1 fully saturated rings. The first-order chi connectivity index (χ1) is 8.22. The highest BCUT2D eigenvalue weighted by atomic mass is 19.1. The number of hydrogen-bond donors (Lipinski definition) is 1. The summed E-state index contributed by atoms with van der Waals surface area (Å²) in [5, 5.41) is 3.32. The van der Waals surface area contributed by atoms with Crippen molar-refractivity contribution in [1.29, 1.82) is 0 Å². The highest BCUT2D eigenvalue weighted by Gasteiger charge is 2.20. The molecule has 1 aromatic carbocycles. The summed E-state index contributed by atoms with van der Waals surface area (Å²) in [6, 6.07) is 5.09. The molecule has 0 aromatic heterocycles. The van der Waals surface area contributed by atoms with Crippen molar-refractivity contribution in [3.8, 4) is 0 Å². The molecule has 0 amide bonds. The average Bonchev–Trinajstić information content (AvgIpc) is 2.36. The number of rotatable bonds is 3. The Balaban J connectivity index is 2.27. The number of aryl methyl sites for hydroxylation is 1. The molecule has 1 heterocycles. The van der Waals surface area contributed by atoms with Crippen molar-refractivity contribution in [1.82, 2.24) is 10.2 Å². The van der Waals surface area contributed by atoms with Gasteiger partial charge in [-0.2, -0.15) is 0 Å². The fourth-order valence-electron chi connectivity index (χ4n) is 2.36. The summed E-state index contributed by atoms with van der Waals surface area (Å²) >= 11 is 0. The van der Waals surface area contributed by atoms with Gasteiger partial charge in [-0.05, 0) is 30.2 Å². The van der Waals surface area contributed by atoms with Gasteiger partial charge in [0.1, 0.15) is 5.82 Å². The summed E-state index contributed by atoms with van der Waals surface area (Å²) in [6.07, 6.45) is 1.91. The standard InChI is InChI=1S/C14H19FN2/c1-3-14(17-8-6-16-7-9-17)13-10-12(15)5-4-11(13)2/h3-5,10,14,16H,1,6-9H2,2H3/t14-/m1/s1. The van der Waals surface area contributed by atoms with Gasteiger partial charge < -0.3 is 5.32 Å². The van der Waals surface area contributed by atoms with E-state index in [0.29, 0.717) is 0 Å². The molecule has 0 aliphatic carbocycles. The van der Waals surface area contributed by atoms with E-state index in [0.717, 1.165) is 37.3 Å². The maximum atomic E-state index is 13.3. The molecule has 1 aliphatic rings. The van der Waals surface area contributed by atoms with Crippen LogP contribution in [-0.4, -0.2) is 31.1 Å². The zero-order chi connectivity index (χ0) is 12.3. The van der Waals surface area contributed by atoms with Crippen molar-refractivity contribution in [3.63, 3.8) is 0 Å². The molecule has 1 aliphatic heterocycles. The third kappa shape index (κ3) is 2.73. The fourth-order valence-corrected chi connectivity index (χ4v) is 2.36. The molecule has 1 atom stereocenters. The van der Waals surface area contributed by atoms with Crippen LogP contribution in [0.4, 0.5) is 4.39 Å². The van der Waals surface area contributed by atoms with E-state index in [9.17, 15) is 4.39 Å². The van der Waals surface area contributed by atoms with Crippen LogP contribution in [0.15, 0.2) is 30.9 Å². The van der Waals surface area contributed by atoms with E-state index >= 15 is 0 Å². The number of piperazine rings is 1. The largest absolute Gasteiger partial charge is 0.314 e. The van der Waals surface area contributed by atoms with E-state index in [2.05, 4.69) is 16.8 Å². The molecule has 2 rings (SSSR count). The maximum Gasteiger partial charge on any atom is 0.123 e. The minimum Gasteiger partial charge on any atom is -0.314 e. The van der Waals surface area contributed by atoms with Gasteiger partial charge in [0.15, 0.2) is 0 Å². The molecular weight excluding hydrogens is 215 g/mol. The number of halogens is 1. The Morgan fingerprint density at radius 2 is 2.12 bits per heavy atom. The van der Waals surface area contributed by atoms with Gasteiger partial charge in [-0.1, -0.05) is 12.1 Å². The van der Waals surface area contributed by atoms with Crippen molar-refractivity contribution in [2.75, 3.05) is 26.2 Å². The minimum atomic E-state index is -0.174. The van der Waals surface area contributed by atoms with Crippen LogP contribution in [0.3, 0.4) is 0 Å². The maximum absolute atomic E-state index is 13.3. The van der Waals surface area contributed by atoms with Gasteiger partial charge in [-0.15, -0.1) is 6.58 Å². The van der Waals surface area contributed by atoms with Crippen LogP contribution in [0, 0.1) is 12.7 Å². The summed E-state index contributed by atoms with van der Waals surface area (Å²) < 4.78 is 13.3. The van der Waals surface area contributed by atoms with Crippen molar-refractivity contribution < 1.29 is 4.39 Å². The molecule has 92 valence electrons. The van der Waals surface area contributed by atoms with Gasteiger partial charge in [0.05, 0.1) is 6.04 Å². The Morgan fingerprint density at radius 3 is 2.76 bits per heavy atom. The van der Waals surface area contributed by atoms with Crippen molar-refractivity contribution in [2.24, 2.45) is 0 Å². The molecule has 3 heteroatoms. The van der Waals surface area contributed by atoms with Crippen LogP contribution >= 0.6 is 0 Å². The van der Waals surface area contributed by atoms with E-state index in [1.165, 1.54) is 6.07 Å². The van der Waals surface area contributed by atoms with Crippen LogP contribution in [0.25, 0.3) is 0 Å². The fraction of sp³-hybridized carbons (Fsp3) is 0.429. The smallest absolute Gasteiger partial charge is 0.123 e. The predicted octanol–water partition coefficient (Wildman–Crippen LogP) is 2.27. The third-order valence-corrected chi connectivity index (χ3v) is 3.33. The lowest BCUT2D eigenvalue weighted by atomic mass is 9.99. The SMILES string of the molecule is C=C[C@H](c1cc(F)ccc1C)N1CCNCC1. The lowest BCUT2D eigenvalue weighted by molar-refractivity contribution is 0.203. The van der Waals surface area contributed by atoms with Gasteiger partial charge in [0.25, 0.3) is 0 Å². The van der Waals surface area contributed by atoms with Gasteiger partial charge in [0.2, 0.25) is 0 Å². The van der Waals surface area contributed by atoms with E-state index in [-0.39, 0.29) is 11.9 Å². The topological polar surface area (TPSA) is 15.3 Å². The number of hydrogen-bond acceptors (Lipinski definition) is 2. The molecule has 1 saturated heterocycles. The molecule has 0 bridgehead atoms. The van der Waals surface area contributed by atoms with E-state index < -0.39 is 0 Å². The molecule has 1 aromatic rings. The second kappa shape index (κ2) is 5.43. The highest BCUT2D eigenvalue weighted by molar-refractivity contribution is 5.32. The lowest BCUT2D eigenvalue weighted by Crippen LogP contribution is -2.44. The molecule has 0 spiro atoms. The minimum absolute atomic E-state index is 0.118. The number of benzene rings is 1. The van der Waals surface area contributed by atoms with Gasteiger partial charge in [-0.25, -0.2) is 4.39 Å². The van der Waals surface area contributed by atoms with Crippen LogP contribution in [0.2, 0.25) is 0 Å². The Bertz CT molecular complexity index is 397.